The number of benzene rings is 2. The molecule has 2 aromatic carbocycles. The highest BCUT2D eigenvalue weighted by Crippen LogP contribution is 2.41. The van der Waals surface area contributed by atoms with Gasteiger partial charge in [-0.15, -0.1) is 0 Å². The second-order valence-electron chi connectivity index (χ2n) is 6.42. The molecule has 162 valence electrons. The van der Waals surface area contributed by atoms with Gasteiger partial charge < -0.3 is 14.5 Å². The maximum atomic E-state index is 13.8. The summed E-state index contributed by atoms with van der Waals surface area (Å²) in [4.78, 5) is 27.3. The predicted molar refractivity (Wildman–Crippen MR) is 108 cm³/mol. The van der Waals surface area contributed by atoms with E-state index in [4.69, 9.17) is 16.3 Å². The quantitative estimate of drug-likeness (QED) is 0.471. The molecule has 0 radical (unpaired) electrons. The van der Waals surface area contributed by atoms with Crippen LogP contribution in [0.4, 0.5) is 23.7 Å². The normalized spacial score (nSPS) is 11.2. The fourth-order valence-corrected chi connectivity index (χ4v) is 3.05. The lowest BCUT2D eigenvalue weighted by Gasteiger charge is -2.18. The van der Waals surface area contributed by atoms with Crippen LogP contribution in [0.25, 0.3) is 11.1 Å². The van der Waals surface area contributed by atoms with E-state index in [2.05, 4.69) is 15.0 Å². The molecule has 0 saturated carbocycles. The predicted octanol–water partition coefficient (Wildman–Crippen LogP) is 6.06. The third-order valence-electron chi connectivity index (χ3n) is 4.37. The Labute approximate surface area is 179 Å². The summed E-state index contributed by atoms with van der Waals surface area (Å²) in [6.45, 7) is 1.60. The number of carbonyl (C=O) groups excluding carboxylic acids is 2. The van der Waals surface area contributed by atoms with Crippen LogP contribution >= 0.6 is 11.6 Å². The van der Waals surface area contributed by atoms with E-state index in [1.54, 1.807) is 6.92 Å². The second kappa shape index (κ2) is 8.73. The van der Waals surface area contributed by atoms with Crippen molar-refractivity contribution < 1.29 is 32.2 Å². The number of esters is 1. The molecule has 0 unspecified atom stereocenters. The molecular weight excluding hydrogens is 437 g/mol. The summed E-state index contributed by atoms with van der Waals surface area (Å²) < 4.78 is 51.1. The molecule has 10 heteroatoms. The summed E-state index contributed by atoms with van der Waals surface area (Å²) >= 11 is 5.76. The first-order chi connectivity index (χ1) is 14.6. The molecule has 0 aliphatic carbocycles. The topological polar surface area (TPSA) is 80.4 Å². The molecule has 0 spiro atoms. The number of aryl methyl sites for hydroxylation is 1. The number of amides is 1. The molecule has 0 aliphatic heterocycles. The van der Waals surface area contributed by atoms with Crippen molar-refractivity contribution in [3.63, 3.8) is 0 Å². The average Bonchev–Trinajstić information content (AvgIpc) is 3.14. The zero-order valence-corrected chi connectivity index (χ0v) is 17.0. The van der Waals surface area contributed by atoms with Crippen molar-refractivity contribution in [3.05, 3.63) is 70.5 Å². The third-order valence-corrected chi connectivity index (χ3v) is 4.63. The molecule has 0 saturated heterocycles. The Kier molecular flexibility index (Phi) is 6.26. The van der Waals surface area contributed by atoms with Crippen LogP contribution in [0.2, 0.25) is 5.02 Å². The standard InChI is InChI=1S/C21H16ClF3N2O4/c1-11-14(7-8-26-11)15-9-16(19(28)30-2)18(10-17(15)21(23,24)25)27-20(29)31-13-5-3-12(22)4-6-13/h3-10,26H,1-2H3,(H,27,29). The largest absolute Gasteiger partial charge is 0.465 e. The lowest BCUT2D eigenvalue weighted by Crippen LogP contribution is -2.20. The van der Waals surface area contributed by atoms with Crippen molar-refractivity contribution in [1.82, 2.24) is 4.98 Å². The number of alkyl halides is 3. The first-order valence-electron chi connectivity index (χ1n) is 8.82. The number of halogens is 4. The molecule has 0 bridgehead atoms. The lowest BCUT2D eigenvalue weighted by atomic mass is 9.95. The van der Waals surface area contributed by atoms with E-state index in [0.29, 0.717) is 16.8 Å². The van der Waals surface area contributed by atoms with E-state index >= 15 is 0 Å². The number of rotatable bonds is 4. The Morgan fingerprint density at radius 2 is 1.74 bits per heavy atom. The summed E-state index contributed by atoms with van der Waals surface area (Å²) in [7, 11) is 1.08. The van der Waals surface area contributed by atoms with Gasteiger partial charge in [0, 0.05) is 22.5 Å². The van der Waals surface area contributed by atoms with Gasteiger partial charge in [0.25, 0.3) is 0 Å². The maximum Gasteiger partial charge on any atom is 0.417 e. The van der Waals surface area contributed by atoms with E-state index in [1.807, 2.05) is 0 Å². The molecule has 6 nitrogen and oxygen atoms in total. The van der Waals surface area contributed by atoms with Crippen LogP contribution in [0.1, 0.15) is 21.6 Å². The van der Waals surface area contributed by atoms with E-state index in [9.17, 15) is 22.8 Å². The van der Waals surface area contributed by atoms with Gasteiger partial charge in [0.05, 0.1) is 23.9 Å². The van der Waals surface area contributed by atoms with Gasteiger partial charge in [0.15, 0.2) is 0 Å². The highest BCUT2D eigenvalue weighted by molar-refractivity contribution is 6.30. The number of methoxy groups -OCH3 is 1. The summed E-state index contributed by atoms with van der Waals surface area (Å²) in [6.07, 6.45) is -4.37. The van der Waals surface area contributed by atoms with Crippen LogP contribution in [0.3, 0.4) is 0 Å². The number of aromatic amines is 1. The fourth-order valence-electron chi connectivity index (χ4n) is 2.93. The van der Waals surface area contributed by atoms with E-state index < -0.39 is 29.5 Å². The Hall–Kier alpha value is -3.46. The van der Waals surface area contributed by atoms with Crippen molar-refractivity contribution in [3.8, 4) is 16.9 Å². The Bertz CT molecular complexity index is 1120. The molecule has 3 rings (SSSR count). The number of ether oxygens (including phenoxy) is 2. The summed E-state index contributed by atoms with van der Waals surface area (Å²) in [5.74, 6) is -0.818. The zero-order valence-electron chi connectivity index (χ0n) is 16.3. The van der Waals surface area contributed by atoms with Gasteiger partial charge in [0.1, 0.15) is 5.75 Å². The molecule has 31 heavy (non-hydrogen) atoms. The van der Waals surface area contributed by atoms with E-state index in [-0.39, 0.29) is 22.4 Å². The van der Waals surface area contributed by atoms with E-state index in [0.717, 1.165) is 13.2 Å². The van der Waals surface area contributed by atoms with Crippen LogP contribution in [0.5, 0.6) is 5.75 Å². The van der Waals surface area contributed by atoms with Gasteiger partial charge in [-0.2, -0.15) is 13.2 Å². The minimum absolute atomic E-state index is 0.108. The van der Waals surface area contributed by atoms with E-state index in [1.165, 1.54) is 36.5 Å². The van der Waals surface area contributed by atoms with Crippen molar-refractivity contribution in [2.24, 2.45) is 0 Å². The van der Waals surface area contributed by atoms with Gasteiger partial charge >= 0.3 is 18.2 Å². The number of aromatic nitrogens is 1. The minimum atomic E-state index is -4.76. The molecular formula is C21H16ClF3N2O4. The highest BCUT2D eigenvalue weighted by Gasteiger charge is 2.36. The monoisotopic (exact) mass is 452 g/mol. The molecule has 0 aliphatic rings. The van der Waals surface area contributed by atoms with Gasteiger partial charge in [-0.05, 0) is 55.0 Å². The van der Waals surface area contributed by atoms with Crippen LogP contribution in [-0.2, 0) is 10.9 Å². The smallest absolute Gasteiger partial charge is 0.417 e. The van der Waals surface area contributed by atoms with Crippen LogP contribution in [0.15, 0.2) is 48.7 Å². The van der Waals surface area contributed by atoms with Gasteiger partial charge in [-0.3, -0.25) is 5.32 Å². The summed E-state index contributed by atoms with van der Waals surface area (Å²) in [6, 6.07) is 8.92. The summed E-state index contributed by atoms with van der Waals surface area (Å²) in [5, 5.41) is 2.59. The summed E-state index contributed by atoms with van der Waals surface area (Å²) in [5.41, 5.74) is -1.21. The van der Waals surface area contributed by atoms with Crippen molar-refractivity contribution >= 4 is 29.4 Å². The number of hydrogen-bond acceptors (Lipinski definition) is 4. The van der Waals surface area contributed by atoms with Gasteiger partial charge in [0.2, 0.25) is 0 Å². The highest BCUT2D eigenvalue weighted by atomic mass is 35.5. The first kappa shape index (κ1) is 22.2. The third kappa shape index (κ3) is 5.00. The Morgan fingerprint density at radius 3 is 2.29 bits per heavy atom. The molecule has 1 amide bonds. The SMILES string of the molecule is COC(=O)c1cc(-c2cc[nH]c2C)c(C(F)(F)F)cc1NC(=O)Oc1ccc(Cl)cc1. The molecule has 3 aromatic rings. The number of carbonyl (C=O) groups is 2. The van der Waals surface area contributed by atoms with Gasteiger partial charge in [-0.25, -0.2) is 9.59 Å². The van der Waals surface area contributed by atoms with Crippen molar-refractivity contribution in [2.45, 2.75) is 13.1 Å². The van der Waals surface area contributed by atoms with Crippen LogP contribution in [0, 0.1) is 6.92 Å². The van der Waals surface area contributed by atoms with Crippen molar-refractivity contribution in [1.29, 1.82) is 0 Å². The molecule has 0 fully saturated rings. The van der Waals surface area contributed by atoms with Crippen molar-refractivity contribution in [2.75, 3.05) is 12.4 Å². The van der Waals surface area contributed by atoms with Crippen LogP contribution < -0.4 is 10.1 Å². The average molecular weight is 453 g/mol. The van der Waals surface area contributed by atoms with Gasteiger partial charge in [-0.1, -0.05) is 11.6 Å². The number of nitrogens with one attached hydrogen (secondary N) is 2. The fraction of sp³-hybridized carbons (Fsp3) is 0.143. The Balaban J connectivity index is 2.06. The van der Waals surface area contributed by atoms with Crippen LogP contribution in [-0.4, -0.2) is 24.2 Å². The molecule has 1 aromatic heterocycles. The Morgan fingerprint density at radius 1 is 1.06 bits per heavy atom. The number of anilines is 1. The first-order valence-corrected chi connectivity index (χ1v) is 9.20. The second-order valence-corrected chi connectivity index (χ2v) is 6.85. The number of H-pyrrole nitrogens is 1. The lowest BCUT2D eigenvalue weighted by molar-refractivity contribution is -0.137. The maximum absolute atomic E-state index is 13.8. The minimum Gasteiger partial charge on any atom is -0.465 e. The zero-order chi connectivity index (χ0) is 22.8. The molecule has 2 N–H and O–H groups in total. The number of hydrogen-bond donors (Lipinski definition) is 2. The molecule has 1 heterocycles. The molecule has 0 atom stereocenters.